The van der Waals surface area contributed by atoms with E-state index in [0.29, 0.717) is 45.3 Å². The third-order valence-electron chi connectivity index (χ3n) is 2.55. The second-order valence-corrected chi connectivity index (χ2v) is 4.20. The predicted octanol–water partition coefficient (Wildman–Crippen LogP) is 0.0240. The van der Waals surface area contributed by atoms with E-state index < -0.39 is 0 Å². The highest BCUT2D eigenvalue weighted by atomic mass is 16.5. The molecule has 1 aromatic heterocycles. The molecule has 0 fully saturated rings. The zero-order valence-electron chi connectivity index (χ0n) is 11.9. The first-order chi connectivity index (χ1) is 9.77. The molecular formula is C13H23N3O4. The molecule has 114 valence electrons. The molecule has 2 N–H and O–H groups in total. The number of nitrogens with two attached hydrogens (primary N) is 1. The monoisotopic (exact) mass is 285 g/mol. The van der Waals surface area contributed by atoms with Crippen LogP contribution in [0.25, 0.3) is 0 Å². The van der Waals surface area contributed by atoms with Crippen molar-refractivity contribution in [2.75, 3.05) is 40.1 Å². The summed E-state index contributed by atoms with van der Waals surface area (Å²) in [6.45, 7) is 3.21. The van der Waals surface area contributed by atoms with Gasteiger partial charge in [-0.1, -0.05) is 0 Å². The summed E-state index contributed by atoms with van der Waals surface area (Å²) in [4.78, 5) is 11.8. The summed E-state index contributed by atoms with van der Waals surface area (Å²) in [7, 11) is 1.65. The van der Waals surface area contributed by atoms with Crippen LogP contribution in [0, 0.1) is 0 Å². The van der Waals surface area contributed by atoms with Crippen LogP contribution in [0.2, 0.25) is 0 Å². The molecule has 0 unspecified atom stereocenters. The van der Waals surface area contributed by atoms with Gasteiger partial charge in [0.15, 0.2) is 0 Å². The summed E-state index contributed by atoms with van der Waals surface area (Å²) < 4.78 is 17.0. The van der Waals surface area contributed by atoms with Crippen LogP contribution in [0.15, 0.2) is 17.1 Å². The zero-order valence-corrected chi connectivity index (χ0v) is 11.9. The molecule has 0 aliphatic heterocycles. The molecule has 7 nitrogen and oxygen atoms in total. The second kappa shape index (κ2) is 10.4. The Hall–Kier alpha value is -1.44. The fourth-order valence-corrected chi connectivity index (χ4v) is 1.50. The molecule has 0 bridgehead atoms. The van der Waals surface area contributed by atoms with Gasteiger partial charge in [-0.05, 0) is 19.4 Å². The van der Waals surface area contributed by atoms with E-state index in [2.05, 4.69) is 5.10 Å². The zero-order chi connectivity index (χ0) is 14.6. The minimum atomic E-state index is -0.198. The van der Waals surface area contributed by atoms with E-state index in [4.69, 9.17) is 19.9 Å². The van der Waals surface area contributed by atoms with Crippen molar-refractivity contribution in [3.63, 3.8) is 0 Å². The van der Waals surface area contributed by atoms with E-state index in [1.165, 1.54) is 16.9 Å². The number of methoxy groups -OCH3 is 1. The third kappa shape index (κ3) is 6.65. The van der Waals surface area contributed by atoms with E-state index in [-0.39, 0.29) is 5.56 Å². The molecule has 0 spiro atoms. The lowest BCUT2D eigenvalue weighted by molar-refractivity contribution is 0.0953. The van der Waals surface area contributed by atoms with E-state index >= 15 is 0 Å². The van der Waals surface area contributed by atoms with Gasteiger partial charge < -0.3 is 19.9 Å². The van der Waals surface area contributed by atoms with Gasteiger partial charge in [0, 0.05) is 26.4 Å². The molecule has 0 saturated heterocycles. The Morgan fingerprint density at radius 2 is 2.10 bits per heavy atom. The average Bonchev–Trinajstić information content (AvgIpc) is 2.45. The average molecular weight is 285 g/mol. The highest BCUT2D eigenvalue weighted by Crippen LogP contribution is 2.03. The number of hydrogen-bond donors (Lipinski definition) is 1. The van der Waals surface area contributed by atoms with Crippen LogP contribution in [-0.2, 0) is 16.0 Å². The highest BCUT2D eigenvalue weighted by molar-refractivity contribution is 5.13. The second-order valence-electron chi connectivity index (χ2n) is 4.20. The van der Waals surface area contributed by atoms with Crippen molar-refractivity contribution >= 4 is 0 Å². The maximum Gasteiger partial charge on any atom is 0.270 e. The van der Waals surface area contributed by atoms with Gasteiger partial charge in [0.1, 0.15) is 5.75 Å². The van der Waals surface area contributed by atoms with Gasteiger partial charge in [-0.2, -0.15) is 5.10 Å². The van der Waals surface area contributed by atoms with Crippen molar-refractivity contribution in [3.05, 3.63) is 22.6 Å². The Bertz CT molecular complexity index is 422. The molecular weight excluding hydrogens is 262 g/mol. The Balaban J connectivity index is 2.30. The summed E-state index contributed by atoms with van der Waals surface area (Å²) >= 11 is 0. The molecule has 0 aromatic carbocycles. The van der Waals surface area contributed by atoms with Gasteiger partial charge in [-0.15, -0.1) is 0 Å². The van der Waals surface area contributed by atoms with Gasteiger partial charge in [0.25, 0.3) is 5.56 Å². The number of nitrogens with zero attached hydrogens (tertiary/aromatic N) is 2. The number of hydrogen-bond acceptors (Lipinski definition) is 6. The van der Waals surface area contributed by atoms with Crippen LogP contribution in [-0.4, -0.2) is 49.9 Å². The number of ether oxygens (including phenoxy) is 3. The molecule has 0 aliphatic rings. The van der Waals surface area contributed by atoms with Crippen LogP contribution in [0.4, 0.5) is 0 Å². The molecule has 1 heterocycles. The van der Waals surface area contributed by atoms with Crippen molar-refractivity contribution < 1.29 is 14.2 Å². The summed E-state index contributed by atoms with van der Waals surface area (Å²) in [6.07, 6.45) is 3.12. The predicted molar refractivity (Wildman–Crippen MR) is 75.0 cm³/mol. The summed E-state index contributed by atoms with van der Waals surface area (Å²) in [5.74, 6) is 0.473. The molecule has 0 aliphatic carbocycles. The van der Waals surface area contributed by atoms with Crippen molar-refractivity contribution in [2.24, 2.45) is 5.73 Å². The molecule has 1 aromatic rings. The van der Waals surface area contributed by atoms with Crippen LogP contribution in [0.3, 0.4) is 0 Å². The molecule has 7 heteroatoms. The SMILES string of the molecule is COCCCOCCn1ncc(OCCCN)cc1=O. The van der Waals surface area contributed by atoms with Gasteiger partial charge in [0.2, 0.25) is 0 Å². The smallest absolute Gasteiger partial charge is 0.270 e. The van der Waals surface area contributed by atoms with Crippen LogP contribution < -0.4 is 16.0 Å². The largest absolute Gasteiger partial charge is 0.492 e. The first-order valence-corrected chi connectivity index (χ1v) is 6.74. The lowest BCUT2D eigenvalue weighted by Gasteiger charge is -2.08. The van der Waals surface area contributed by atoms with E-state index in [0.717, 1.165) is 12.8 Å². The summed E-state index contributed by atoms with van der Waals surface area (Å²) in [5, 5.41) is 4.03. The minimum Gasteiger partial charge on any atom is -0.492 e. The highest BCUT2D eigenvalue weighted by Gasteiger charge is 2.01. The van der Waals surface area contributed by atoms with E-state index in [1.54, 1.807) is 7.11 Å². The molecule has 20 heavy (non-hydrogen) atoms. The fourth-order valence-electron chi connectivity index (χ4n) is 1.50. The lowest BCUT2D eigenvalue weighted by Crippen LogP contribution is -2.24. The van der Waals surface area contributed by atoms with Crippen molar-refractivity contribution in [1.29, 1.82) is 0 Å². The van der Waals surface area contributed by atoms with Crippen molar-refractivity contribution in [1.82, 2.24) is 9.78 Å². The molecule has 0 amide bonds. The van der Waals surface area contributed by atoms with E-state index in [9.17, 15) is 4.79 Å². The van der Waals surface area contributed by atoms with Gasteiger partial charge in [0.05, 0.1) is 26.0 Å². The normalized spacial score (nSPS) is 10.7. The number of rotatable bonds is 11. The van der Waals surface area contributed by atoms with Crippen LogP contribution in [0.1, 0.15) is 12.8 Å². The Morgan fingerprint density at radius 3 is 2.80 bits per heavy atom. The summed E-state index contributed by atoms with van der Waals surface area (Å²) in [6, 6.07) is 1.43. The molecule has 0 saturated carbocycles. The van der Waals surface area contributed by atoms with Crippen molar-refractivity contribution in [3.8, 4) is 5.75 Å². The van der Waals surface area contributed by atoms with Crippen molar-refractivity contribution in [2.45, 2.75) is 19.4 Å². The third-order valence-corrected chi connectivity index (χ3v) is 2.55. The molecule has 0 atom stereocenters. The topological polar surface area (TPSA) is 88.6 Å². The first kappa shape index (κ1) is 16.6. The quantitative estimate of drug-likeness (QED) is 0.577. The molecule has 0 radical (unpaired) electrons. The maximum absolute atomic E-state index is 11.8. The van der Waals surface area contributed by atoms with E-state index in [1.807, 2.05) is 0 Å². The van der Waals surface area contributed by atoms with Crippen LogP contribution in [0.5, 0.6) is 5.75 Å². The number of aromatic nitrogens is 2. The Labute approximate surface area is 118 Å². The Morgan fingerprint density at radius 1 is 1.25 bits per heavy atom. The maximum atomic E-state index is 11.8. The summed E-state index contributed by atoms with van der Waals surface area (Å²) in [5.41, 5.74) is 5.16. The van der Waals surface area contributed by atoms with Gasteiger partial charge in [-0.25, -0.2) is 4.68 Å². The first-order valence-electron chi connectivity index (χ1n) is 6.74. The van der Waals surface area contributed by atoms with Gasteiger partial charge in [-0.3, -0.25) is 4.79 Å². The standard InChI is InChI=1S/C13H23N3O4/c1-18-6-3-7-19-9-5-16-13(17)10-12(11-15-16)20-8-2-4-14/h10-11H,2-9,14H2,1H3. The Kier molecular flexibility index (Phi) is 8.61. The van der Waals surface area contributed by atoms with Crippen LogP contribution >= 0.6 is 0 Å². The lowest BCUT2D eigenvalue weighted by atomic mass is 10.4. The molecule has 1 rings (SSSR count). The van der Waals surface area contributed by atoms with Gasteiger partial charge >= 0.3 is 0 Å². The minimum absolute atomic E-state index is 0.198. The fraction of sp³-hybridized carbons (Fsp3) is 0.692.